The van der Waals surface area contributed by atoms with Gasteiger partial charge in [-0.15, -0.1) is 10.2 Å². The third-order valence-electron chi connectivity index (χ3n) is 1.09. The Balaban J connectivity index is 2.58. The molecule has 4 nitrogen and oxygen atoms in total. The first-order chi connectivity index (χ1) is 5.24. The smallest absolute Gasteiger partial charge is 0.162 e. The van der Waals surface area contributed by atoms with Gasteiger partial charge in [0.2, 0.25) is 0 Å². The molecule has 0 radical (unpaired) electrons. The molecule has 1 aromatic heterocycles. The van der Waals surface area contributed by atoms with Crippen molar-refractivity contribution in [2.24, 2.45) is 0 Å². The van der Waals surface area contributed by atoms with Crippen molar-refractivity contribution in [2.75, 3.05) is 6.61 Å². The van der Waals surface area contributed by atoms with E-state index in [2.05, 4.69) is 42.1 Å². The molecule has 1 N–H and O–H groups in total. The van der Waals surface area contributed by atoms with Gasteiger partial charge >= 0.3 is 0 Å². The fraction of sp³-hybridized carbons (Fsp3) is 0.600. The number of aliphatic hydroxyl groups is 1. The second-order valence-corrected chi connectivity index (χ2v) is 3.46. The van der Waals surface area contributed by atoms with Crippen molar-refractivity contribution in [1.82, 2.24) is 15.0 Å². The van der Waals surface area contributed by atoms with Crippen LogP contribution in [-0.2, 0) is 6.54 Å². The molecule has 0 aliphatic rings. The third-order valence-corrected chi connectivity index (χ3v) is 2.69. The van der Waals surface area contributed by atoms with E-state index in [1.165, 1.54) is 4.80 Å². The third kappa shape index (κ3) is 2.53. The largest absolute Gasteiger partial charge is 0.396 e. The van der Waals surface area contributed by atoms with Gasteiger partial charge in [0.25, 0.3) is 0 Å². The molecule has 62 valence electrons. The van der Waals surface area contributed by atoms with E-state index in [0.29, 0.717) is 22.2 Å². The standard InChI is InChI=1S/C5H7Br2N3O/c6-4-5(7)9-10(8-4)2-1-3-11/h11H,1-3H2. The zero-order chi connectivity index (χ0) is 8.27. The highest BCUT2D eigenvalue weighted by atomic mass is 79.9. The van der Waals surface area contributed by atoms with E-state index in [1.54, 1.807) is 0 Å². The number of hydrogen-bond donors (Lipinski definition) is 1. The van der Waals surface area contributed by atoms with Crippen molar-refractivity contribution in [3.8, 4) is 0 Å². The van der Waals surface area contributed by atoms with Crippen LogP contribution in [0.1, 0.15) is 6.42 Å². The summed E-state index contributed by atoms with van der Waals surface area (Å²) >= 11 is 6.41. The van der Waals surface area contributed by atoms with Crippen LogP contribution in [-0.4, -0.2) is 26.7 Å². The second kappa shape index (κ2) is 4.18. The molecule has 0 atom stereocenters. The lowest BCUT2D eigenvalue weighted by Crippen LogP contribution is -2.03. The first kappa shape index (κ1) is 9.15. The quantitative estimate of drug-likeness (QED) is 0.907. The lowest BCUT2D eigenvalue weighted by atomic mass is 10.5. The Morgan fingerprint density at radius 2 is 1.82 bits per heavy atom. The van der Waals surface area contributed by atoms with E-state index >= 15 is 0 Å². The lowest BCUT2D eigenvalue weighted by Gasteiger charge is -1.93. The van der Waals surface area contributed by atoms with Crippen molar-refractivity contribution < 1.29 is 5.11 Å². The molecule has 1 rings (SSSR count). The van der Waals surface area contributed by atoms with Gasteiger partial charge in [0.1, 0.15) is 0 Å². The monoisotopic (exact) mass is 283 g/mol. The number of rotatable bonds is 3. The van der Waals surface area contributed by atoms with Crippen LogP contribution in [0.5, 0.6) is 0 Å². The number of aliphatic hydroxyl groups excluding tert-OH is 1. The predicted octanol–water partition coefficient (Wildman–Crippen LogP) is 1.19. The fourth-order valence-corrected chi connectivity index (χ4v) is 1.14. The molecule has 0 bridgehead atoms. The van der Waals surface area contributed by atoms with Crippen LogP contribution in [0.25, 0.3) is 0 Å². The molecule has 0 unspecified atom stereocenters. The first-order valence-electron chi connectivity index (χ1n) is 3.11. The van der Waals surface area contributed by atoms with Crippen LogP contribution in [0.4, 0.5) is 0 Å². The van der Waals surface area contributed by atoms with Crippen molar-refractivity contribution in [3.63, 3.8) is 0 Å². The topological polar surface area (TPSA) is 50.9 Å². The summed E-state index contributed by atoms with van der Waals surface area (Å²) in [4.78, 5) is 1.53. The van der Waals surface area contributed by atoms with E-state index in [0.717, 1.165) is 0 Å². The molecule has 0 spiro atoms. The lowest BCUT2D eigenvalue weighted by molar-refractivity contribution is 0.272. The summed E-state index contributed by atoms with van der Waals surface area (Å²) in [5.74, 6) is 0. The van der Waals surface area contributed by atoms with Crippen LogP contribution >= 0.6 is 31.9 Å². The number of halogens is 2. The first-order valence-corrected chi connectivity index (χ1v) is 4.69. The Morgan fingerprint density at radius 1 is 1.27 bits per heavy atom. The van der Waals surface area contributed by atoms with Crippen molar-refractivity contribution in [1.29, 1.82) is 0 Å². The van der Waals surface area contributed by atoms with E-state index in [4.69, 9.17) is 5.11 Å². The molecule has 0 aliphatic heterocycles. The molecule has 0 saturated heterocycles. The molecule has 6 heteroatoms. The predicted molar refractivity (Wildman–Crippen MR) is 47.1 cm³/mol. The molecule has 0 saturated carbocycles. The van der Waals surface area contributed by atoms with Crippen molar-refractivity contribution in [2.45, 2.75) is 13.0 Å². The van der Waals surface area contributed by atoms with Crippen LogP contribution in [0.3, 0.4) is 0 Å². The molecule has 0 aliphatic carbocycles. The number of hydrogen-bond acceptors (Lipinski definition) is 3. The van der Waals surface area contributed by atoms with Gasteiger partial charge in [-0.2, -0.15) is 4.80 Å². The van der Waals surface area contributed by atoms with E-state index in [9.17, 15) is 0 Å². The summed E-state index contributed by atoms with van der Waals surface area (Å²) in [5.41, 5.74) is 0. The molecular formula is C5H7Br2N3O. The minimum Gasteiger partial charge on any atom is -0.396 e. The van der Waals surface area contributed by atoms with Crippen LogP contribution < -0.4 is 0 Å². The van der Waals surface area contributed by atoms with Gasteiger partial charge < -0.3 is 5.11 Å². The Kier molecular flexibility index (Phi) is 3.47. The summed E-state index contributed by atoms with van der Waals surface area (Å²) in [5, 5.41) is 16.5. The fourth-order valence-electron chi connectivity index (χ4n) is 0.620. The highest BCUT2D eigenvalue weighted by molar-refractivity contribution is 9.13. The zero-order valence-electron chi connectivity index (χ0n) is 5.67. The highest BCUT2D eigenvalue weighted by Crippen LogP contribution is 2.16. The molecule has 1 aromatic rings. The minimum absolute atomic E-state index is 0.163. The molecule has 1 heterocycles. The highest BCUT2D eigenvalue weighted by Gasteiger charge is 2.03. The van der Waals surface area contributed by atoms with Gasteiger partial charge in [-0.05, 0) is 38.3 Å². The maximum atomic E-state index is 8.51. The molecule has 0 fully saturated rings. The van der Waals surface area contributed by atoms with Crippen LogP contribution in [0.2, 0.25) is 0 Å². The van der Waals surface area contributed by atoms with Gasteiger partial charge in [0, 0.05) is 6.61 Å². The Hall–Kier alpha value is 0.0600. The van der Waals surface area contributed by atoms with E-state index in [-0.39, 0.29) is 6.61 Å². The van der Waals surface area contributed by atoms with Crippen LogP contribution in [0.15, 0.2) is 9.21 Å². The second-order valence-electron chi connectivity index (χ2n) is 1.95. The van der Waals surface area contributed by atoms with E-state index in [1.807, 2.05) is 0 Å². The summed E-state index contributed by atoms with van der Waals surface area (Å²) in [6, 6.07) is 0. The minimum atomic E-state index is 0.163. The summed E-state index contributed by atoms with van der Waals surface area (Å²) in [6.07, 6.45) is 0.674. The van der Waals surface area contributed by atoms with Gasteiger partial charge in [-0.25, -0.2) is 0 Å². The van der Waals surface area contributed by atoms with Gasteiger partial charge in [0.05, 0.1) is 6.54 Å². The molecule has 0 aromatic carbocycles. The Morgan fingerprint density at radius 3 is 2.27 bits per heavy atom. The number of aromatic nitrogens is 3. The SMILES string of the molecule is OCCCn1nc(Br)c(Br)n1. The Bertz CT molecular complexity index is 218. The molecule has 0 amide bonds. The normalized spacial score (nSPS) is 10.5. The van der Waals surface area contributed by atoms with Crippen molar-refractivity contribution >= 4 is 31.9 Å². The summed E-state index contributed by atoms with van der Waals surface area (Å²) in [6.45, 7) is 0.803. The van der Waals surface area contributed by atoms with E-state index < -0.39 is 0 Å². The van der Waals surface area contributed by atoms with Gasteiger partial charge in [-0.1, -0.05) is 0 Å². The number of nitrogens with zero attached hydrogens (tertiary/aromatic N) is 3. The number of aryl methyl sites for hydroxylation is 1. The summed E-state index contributed by atoms with van der Waals surface area (Å²) < 4.78 is 1.38. The molecular weight excluding hydrogens is 278 g/mol. The maximum absolute atomic E-state index is 8.51. The summed E-state index contributed by atoms with van der Waals surface area (Å²) in [7, 11) is 0. The average Bonchev–Trinajstić information content (AvgIpc) is 2.28. The Labute approximate surface area is 80.9 Å². The maximum Gasteiger partial charge on any atom is 0.162 e. The van der Waals surface area contributed by atoms with Crippen molar-refractivity contribution in [3.05, 3.63) is 9.21 Å². The van der Waals surface area contributed by atoms with Gasteiger partial charge in [-0.3, -0.25) is 0 Å². The van der Waals surface area contributed by atoms with Gasteiger partial charge in [0.15, 0.2) is 9.21 Å². The average molecular weight is 285 g/mol. The molecule has 11 heavy (non-hydrogen) atoms. The zero-order valence-corrected chi connectivity index (χ0v) is 8.84. The van der Waals surface area contributed by atoms with Crippen LogP contribution in [0, 0.1) is 0 Å².